The molecule has 2 aromatic rings. The van der Waals surface area contributed by atoms with Crippen LogP contribution >= 0.6 is 12.4 Å². The second-order valence-corrected chi connectivity index (χ2v) is 8.39. The van der Waals surface area contributed by atoms with Crippen LogP contribution < -0.4 is 4.90 Å². The van der Waals surface area contributed by atoms with Crippen LogP contribution in [0.4, 0.5) is 5.69 Å². The second kappa shape index (κ2) is 9.77. The Balaban J connectivity index is 0.00000240. The summed E-state index contributed by atoms with van der Waals surface area (Å²) < 4.78 is 0. The molecular formula is C25H33ClN2O. The normalized spacial score (nSPS) is 24.3. The summed E-state index contributed by atoms with van der Waals surface area (Å²) in [5, 5.41) is 0. The van der Waals surface area contributed by atoms with E-state index in [2.05, 4.69) is 53.1 Å². The van der Waals surface area contributed by atoms with Crippen molar-refractivity contribution in [3.63, 3.8) is 0 Å². The molecule has 1 saturated heterocycles. The SMILES string of the molecule is CCC(=O)N(c1ccccc1)C1CCN(C2CCCc3ccccc32)CC1C.Cl. The molecule has 0 aromatic heterocycles. The maximum atomic E-state index is 12.8. The first-order valence-electron chi connectivity index (χ1n) is 10.9. The van der Waals surface area contributed by atoms with Crippen molar-refractivity contribution in [3.05, 3.63) is 65.7 Å². The van der Waals surface area contributed by atoms with Gasteiger partial charge in [0.05, 0.1) is 0 Å². The molecule has 4 heteroatoms. The van der Waals surface area contributed by atoms with E-state index >= 15 is 0 Å². The molecule has 1 amide bonds. The Kier molecular flexibility index (Phi) is 7.37. The Morgan fingerprint density at radius 3 is 2.52 bits per heavy atom. The highest BCUT2D eigenvalue weighted by atomic mass is 35.5. The van der Waals surface area contributed by atoms with Crippen LogP contribution in [0.1, 0.15) is 56.7 Å². The summed E-state index contributed by atoms with van der Waals surface area (Å²) in [5.41, 5.74) is 4.10. The van der Waals surface area contributed by atoms with Crippen molar-refractivity contribution in [2.75, 3.05) is 18.0 Å². The average Bonchev–Trinajstić information content (AvgIpc) is 2.75. The largest absolute Gasteiger partial charge is 0.309 e. The average molecular weight is 413 g/mol. The van der Waals surface area contributed by atoms with Crippen molar-refractivity contribution in [3.8, 4) is 0 Å². The molecule has 0 radical (unpaired) electrons. The predicted octanol–water partition coefficient (Wildman–Crippen LogP) is 5.64. The molecule has 0 saturated carbocycles. The van der Waals surface area contributed by atoms with Crippen molar-refractivity contribution >= 4 is 24.0 Å². The number of aryl methyl sites for hydroxylation is 1. The zero-order chi connectivity index (χ0) is 19.5. The van der Waals surface area contributed by atoms with Crippen molar-refractivity contribution in [1.29, 1.82) is 0 Å². The van der Waals surface area contributed by atoms with Crippen LogP contribution in [0.3, 0.4) is 0 Å². The van der Waals surface area contributed by atoms with Gasteiger partial charge in [-0.15, -0.1) is 12.4 Å². The van der Waals surface area contributed by atoms with Gasteiger partial charge in [-0.1, -0.05) is 56.3 Å². The smallest absolute Gasteiger partial charge is 0.226 e. The van der Waals surface area contributed by atoms with Gasteiger partial charge in [0.1, 0.15) is 0 Å². The van der Waals surface area contributed by atoms with E-state index in [4.69, 9.17) is 0 Å². The predicted molar refractivity (Wildman–Crippen MR) is 123 cm³/mol. The fourth-order valence-electron chi connectivity index (χ4n) is 5.22. The van der Waals surface area contributed by atoms with Gasteiger partial charge >= 0.3 is 0 Å². The molecule has 1 aliphatic carbocycles. The maximum Gasteiger partial charge on any atom is 0.226 e. The first-order valence-corrected chi connectivity index (χ1v) is 10.9. The van der Waals surface area contributed by atoms with Gasteiger partial charge in [0.15, 0.2) is 0 Å². The minimum atomic E-state index is 0. The van der Waals surface area contributed by atoms with Crippen LogP contribution in [0.25, 0.3) is 0 Å². The number of piperidine rings is 1. The molecule has 4 rings (SSSR count). The first-order chi connectivity index (χ1) is 13.7. The van der Waals surface area contributed by atoms with Crippen LogP contribution in [0.15, 0.2) is 54.6 Å². The van der Waals surface area contributed by atoms with Gasteiger partial charge < -0.3 is 4.90 Å². The van der Waals surface area contributed by atoms with Crippen molar-refractivity contribution < 1.29 is 4.79 Å². The monoisotopic (exact) mass is 412 g/mol. The number of para-hydroxylation sites is 1. The number of hydrogen-bond acceptors (Lipinski definition) is 2. The Bertz CT molecular complexity index is 809. The van der Waals surface area contributed by atoms with E-state index in [9.17, 15) is 4.79 Å². The fourth-order valence-corrected chi connectivity index (χ4v) is 5.22. The molecule has 0 bridgehead atoms. The molecule has 1 heterocycles. The van der Waals surface area contributed by atoms with Crippen molar-refractivity contribution in [2.24, 2.45) is 5.92 Å². The van der Waals surface area contributed by atoms with Crippen LogP contribution in [-0.4, -0.2) is 29.9 Å². The lowest BCUT2D eigenvalue weighted by Gasteiger charge is -2.46. The summed E-state index contributed by atoms with van der Waals surface area (Å²) in [6.45, 7) is 6.42. The summed E-state index contributed by atoms with van der Waals surface area (Å²) in [4.78, 5) is 17.6. The lowest BCUT2D eigenvalue weighted by atomic mass is 9.84. The minimum absolute atomic E-state index is 0. The third-order valence-electron chi connectivity index (χ3n) is 6.61. The quantitative estimate of drug-likeness (QED) is 0.648. The third kappa shape index (κ3) is 4.51. The number of benzene rings is 2. The van der Waals surface area contributed by atoms with Crippen LogP contribution in [0.5, 0.6) is 0 Å². The minimum Gasteiger partial charge on any atom is -0.309 e. The van der Waals surface area contributed by atoms with Crippen LogP contribution in [0.2, 0.25) is 0 Å². The molecule has 156 valence electrons. The molecule has 0 N–H and O–H groups in total. The van der Waals surface area contributed by atoms with Gasteiger partial charge in [0, 0.05) is 37.3 Å². The van der Waals surface area contributed by atoms with Crippen LogP contribution in [-0.2, 0) is 11.2 Å². The summed E-state index contributed by atoms with van der Waals surface area (Å²) in [5.74, 6) is 0.693. The lowest BCUT2D eigenvalue weighted by molar-refractivity contribution is -0.119. The maximum absolute atomic E-state index is 12.8. The first kappa shape index (κ1) is 21.9. The topological polar surface area (TPSA) is 23.6 Å². The molecule has 2 aromatic carbocycles. The molecule has 1 fully saturated rings. The highest BCUT2D eigenvalue weighted by Crippen LogP contribution is 2.38. The lowest BCUT2D eigenvalue weighted by Crippen LogP contribution is -2.53. The Hall–Kier alpha value is -1.84. The third-order valence-corrected chi connectivity index (χ3v) is 6.61. The Morgan fingerprint density at radius 2 is 1.79 bits per heavy atom. The van der Waals surface area contributed by atoms with Gasteiger partial charge in [-0.05, 0) is 54.9 Å². The molecule has 3 unspecified atom stereocenters. The van der Waals surface area contributed by atoms with E-state index in [1.807, 2.05) is 25.1 Å². The number of carbonyl (C=O) groups is 1. The molecule has 0 spiro atoms. The number of amides is 1. The zero-order valence-electron chi connectivity index (χ0n) is 17.6. The number of rotatable bonds is 4. The number of likely N-dealkylation sites (tertiary alicyclic amines) is 1. The van der Waals surface area contributed by atoms with E-state index in [1.165, 1.54) is 30.4 Å². The fraction of sp³-hybridized carbons (Fsp3) is 0.480. The molecular weight excluding hydrogens is 380 g/mol. The number of halogens is 1. The number of anilines is 1. The number of fused-ring (bicyclic) bond motifs is 1. The Labute approximate surface area is 181 Å². The summed E-state index contributed by atoms with van der Waals surface area (Å²) in [6, 6.07) is 20.0. The summed E-state index contributed by atoms with van der Waals surface area (Å²) in [7, 11) is 0. The van der Waals surface area contributed by atoms with Gasteiger partial charge in [-0.2, -0.15) is 0 Å². The van der Waals surface area contributed by atoms with Gasteiger partial charge in [-0.25, -0.2) is 0 Å². The molecule has 3 nitrogen and oxygen atoms in total. The van der Waals surface area contributed by atoms with E-state index in [-0.39, 0.29) is 24.4 Å². The highest BCUT2D eigenvalue weighted by molar-refractivity contribution is 5.93. The van der Waals surface area contributed by atoms with Gasteiger partial charge in [0.2, 0.25) is 5.91 Å². The van der Waals surface area contributed by atoms with Crippen LogP contribution in [0, 0.1) is 5.92 Å². The van der Waals surface area contributed by atoms with Crippen molar-refractivity contribution in [2.45, 2.75) is 58.0 Å². The second-order valence-electron chi connectivity index (χ2n) is 8.39. The van der Waals surface area contributed by atoms with Gasteiger partial charge in [0.25, 0.3) is 0 Å². The number of carbonyl (C=O) groups excluding carboxylic acids is 1. The molecule has 29 heavy (non-hydrogen) atoms. The molecule has 1 aliphatic heterocycles. The standard InChI is InChI=1S/C25H32N2O.ClH/c1-3-25(28)27(21-12-5-4-6-13-21)23-16-17-26(18-19(23)2)24-15-9-11-20-10-7-8-14-22(20)24;/h4-8,10,12-14,19,23-24H,3,9,11,15-18H2,1-2H3;1H. The Morgan fingerprint density at radius 1 is 1.07 bits per heavy atom. The van der Waals surface area contributed by atoms with E-state index < -0.39 is 0 Å². The number of hydrogen-bond donors (Lipinski definition) is 0. The van der Waals surface area contributed by atoms with Gasteiger partial charge in [-0.3, -0.25) is 9.69 Å². The molecule has 2 aliphatic rings. The summed E-state index contributed by atoms with van der Waals surface area (Å²) in [6.07, 6.45) is 5.34. The van der Waals surface area contributed by atoms with E-state index in [0.717, 1.165) is 25.2 Å². The highest BCUT2D eigenvalue weighted by Gasteiger charge is 2.36. The molecule has 3 atom stereocenters. The zero-order valence-corrected chi connectivity index (χ0v) is 18.4. The van der Waals surface area contributed by atoms with E-state index in [0.29, 0.717) is 18.4 Å². The van der Waals surface area contributed by atoms with Crippen molar-refractivity contribution in [1.82, 2.24) is 4.90 Å². The number of nitrogens with zero attached hydrogens (tertiary/aromatic N) is 2. The van der Waals surface area contributed by atoms with E-state index in [1.54, 1.807) is 0 Å². The summed E-state index contributed by atoms with van der Waals surface area (Å²) >= 11 is 0.